The van der Waals surface area contributed by atoms with Gasteiger partial charge in [0.15, 0.2) is 17.4 Å². The molecule has 1 unspecified atom stereocenters. The lowest BCUT2D eigenvalue weighted by Crippen LogP contribution is -2.27. The van der Waals surface area contributed by atoms with Crippen molar-refractivity contribution in [3.05, 3.63) is 34.9 Å². The third kappa shape index (κ3) is 1.55. The van der Waals surface area contributed by atoms with Crippen LogP contribution in [0, 0.1) is 11.6 Å². The second kappa shape index (κ2) is 3.70. The lowest BCUT2D eigenvalue weighted by Gasteiger charge is -2.28. The lowest BCUT2D eigenvalue weighted by atomic mass is 9.74. The molecule has 15 heavy (non-hydrogen) atoms. The van der Waals surface area contributed by atoms with Crippen molar-refractivity contribution in [1.82, 2.24) is 0 Å². The molecule has 2 nitrogen and oxygen atoms in total. The van der Waals surface area contributed by atoms with Crippen LogP contribution < -0.4 is 0 Å². The van der Waals surface area contributed by atoms with Gasteiger partial charge in [-0.25, -0.2) is 8.78 Å². The Morgan fingerprint density at radius 2 is 1.93 bits per heavy atom. The topological polar surface area (TPSA) is 37.3 Å². The average molecular weight is 212 g/mol. The molecule has 0 amide bonds. The molecule has 1 aromatic rings. The van der Waals surface area contributed by atoms with Gasteiger partial charge in [-0.2, -0.15) is 0 Å². The molecule has 1 aliphatic rings. The Hall–Kier alpha value is -1.29. The number of carbonyl (C=O) groups excluding carboxylic acids is 1. The van der Waals surface area contributed by atoms with Crippen LogP contribution in [0.4, 0.5) is 8.78 Å². The Morgan fingerprint density at radius 1 is 1.27 bits per heavy atom. The number of Topliss-reactive ketones (excluding diaryl/α,β-unsaturated/α-hetero) is 1. The quantitative estimate of drug-likeness (QED) is 0.832. The minimum absolute atomic E-state index is 0.00277. The van der Waals surface area contributed by atoms with Crippen LogP contribution >= 0.6 is 0 Å². The predicted molar refractivity (Wildman–Crippen MR) is 49.7 cm³/mol. The van der Waals surface area contributed by atoms with Gasteiger partial charge in [0.2, 0.25) is 0 Å². The van der Waals surface area contributed by atoms with Crippen LogP contribution in [0.1, 0.15) is 34.7 Å². The van der Waals surface area contributed by atoms with E-state index in [1.165, 1.54) is 0 Å². The molecule has 0 saturated carbocycles. The number of benzene rings is 1. The van der Waals surface area contributed by atoms with Crippen molar-refractivity contribution in [3.63, 3.8) is 0 Å². The zero-order chi connectivity index (χ0) is 11.0. The monoisotopic (exact) mass is 212 g/mol. The maximum absolute atomic E-state index is 12.9. The number of rotatable bonds is 3. The van der Waals surface area contributed by atoms with E-state index in [1.54, 1.807) is 0 Å². The molecule has 1 N–H and O–H groups in total. The van der Waals surface area contributed by atoms with E-state index in [2.05, 4.69) is 0 Å². The highest BCUT2D eigenvalue weighted by Crippen LogP contribution is 2.39. The van der Waals surface area contributed by atoms with E-state index in [4.69, 9.17) is 5.11 Å². The molecule has 1 atom stereocenters. The fourth-order valence-electron chi connectivity index (χ4n) is 1.90. The molecule has 0 fully saturated rings. The van der Waals surface area contributed by atoms with Crippen molar-refractivity contribution in [3.8, 4) is 0 Å². The summed E-state index contributed by atoms with van der Waals surface area (Å²) in [6.45, 7) is 0.00277. The number of fused-ring (bicyclic) bond motifs is 1. The fourth-order valence-corrected chi connectivity index (χ4v) is 1.90. The number of aliphatic hydroxyl groups is 1. The summed E-state index contributed by atoms with van der Waals surface area (Å²) in [7, 11) is 0. The van der Waals surface area contributed by atoms with Crippen molar-refractivity contribution < 1.29 is 18.7 Å². The minimum atomic E-state index is -0.984. The zero-order valence-electron chi connectivity index (χ0n) is 7.96. The zero-order valence-corrected chi connectivity index (χ0v) is 7.96. The third-order valence-corrected chi connectivity index (χ3v) is 2.70. The first-order valence-corrected chi connectivity index (χ1v) is 4.79. The molecule has 4 heteroatoms. The molecule has 1 aliphatic carbocycles. The molecule has 80 valence electrons. The third-order valence-electron chi connectivity index (χ3n) is 2.70. The standard InChI is InChI=1S/C11H10F2O2/c12-9-4-7-6(2-1-3-14)11(15)8(7)5-10(9)13/h4-6,14H,1-3H2. The van der Waals surface area contributed by atoms with Gasteiger partial charge in [-0.15, -0.1) is 0 Å². The van der Waals surface area contributed by atoms with Crippen LogP contribution in [0.3, 0.4) is 0 Å². The van der Waals surface area contributed by atoms with Crippen LogP contribution in [-0.2, 0) is 0 Å². The minimum Gasteiger partial charge on any atom is -0.396 e. The summed E-state index contributed by atoms with van der Waals surface area (Å²) in [5, 5.41) is 8.62. The van der Waals surface area contributed by atoms with Crippen LogP contribution in [0.25, 0.3) is 0 Å². The maximum atomic E-state index is 12.9. The largest absolute Gasteiger partial charge is 0.396 e. The second-order valence-corrected chi connectivity index (χ2v) is 3.64. The fraction of sp³-hybridized carbons (Fsp3) is 0.364. The van der Waals surface area contributed by atoms with E-state index >= 15 is 0 Å². The molecular formula is C11H10F2O2. The first-order chi connectivity index (χ1) is 7.15. The van der Waals surface area contributed by atoms with E-state index in [1.807, 2.05) is 0 Å². The highest BCUT2D eigenvalue weighted by Gasteiger charge is 2.36. The maximum Gasteiger partial charge on any atom is 0.170 e. The average Bonchev–Trinajstić information content (AvgIpc) is 2.23. The summed E-state index contributed by atoms with van der Waals surface area (Å²) < 4.78 is 25.7. The summed E-state index contributed by atoms with van der Waals surface area (Å²) >= 11 is 0. The smallest absolute Gasteiger partial charge is 0.170 e. The van der Waals surface area contributed by atoms with Gasteiger partial charge in [0.25, 0.3) is 0 Å². The molecule has 0 aliphatic heterocycles. The van der Waals surface area contributed by atoms with Gasteiger partial charge >= 0.3 is 0 Å². The Morgan fingerprint density at radius 3 is 2.60 bits per heavy atom. The van der Waals surface area contributed by atoms with Gasteiger partial charge < -0.3 is 5.11 Å². The SMILES string of the molecule is O=C1c2cc(F)c(F)cc2C1CCCO. The van der Waals surface area contributed by atoms with Gasteiger partial charge in [-0.1, -0.05) is 0 Å². The molecule has 0 saturated heterocycles. The van der Waals surface area contributed by atoms with Gasteiger partial charge in [-0.05, 0) is 30.5 Å². The summed E-state index contributed by atoms with van der Waals surface area (Å²) in [6.07, 6.45) is 0.988. The van der Waals surface area contributed by atoms with Crippen molar-refractivity contribution in [1.29, 1.82) is 0 Å². The van der Waals surface area contributed by atoms with Crippen molar-refractivity contribution in [2.24, 2.45) is 0 Å². The molecular weight excluding hydrogens is 202 g/mol. The molecule has 0 aromatic heterocycles. The van der Waals surface area contributed by atoms with Crippen LogP contribution in [-0.4, -0.2) is 17.5 Å². The molecule has 2 rings (SSSR count). The first kappa shape index (κ1) is 10.2. The van der Waals surface area contributed by atoms with Gasteiger partial charge in [0, 0.05) is 18.1 Å². The number of carbonyl (C=O) groups is 1. The summed E-state index contributed by atoms with van der Waals surface area (Å²) in [5.41, 5.74) is 0.837. The number of hydrogen-bond acceptors (Lipinski definition) is 2. The van der Waals surface area contributed by atoms with Crippen molar-refractivity contribution in [2.45, 2.75) is 18.8 Å². The summed E-state index contributed by atoms with van der Waals surface area (Å²) in [6, 6.07) is 2.02. The highest BCUT2D eigenvalue weighted by atomic mass is 19.2. The second-order valence-electron chi connectivity index (χ2n) is 3.64. The van der Waals surface area contributed by atoms with Gasteiger partial charge in [0.05, 0.1) is 0 Å². The van der Waals surface area contributed by atoms with Crippen LogP contribution in [0.2, 0.25) is 0 Å². The van der Waals surface area contributed by atoms with Crippen LogP contribution in [0.15, 0.2) is 12.1 Å². The van der Waals surface area contributed by atoms with Gasteiger partial charge in [0.1, 0.15) is 0 Å². The van der Waals surface area contributed by atoms with E-state index in [9.17, 15) is 13.6 Å². The van der Waals surface area contributed by atoms with Crippen LogP contribution in [0.5, 0.6) is 0 Å². The number of ketones is 1. The van der Waals surface area contributed by atoms with E-state index in [0.29, 0.717) is 18.4 Å². The Labute approximate surface area is 85.5 Å². The number of hydrogen-bond donors (Lipinski definition) is 1. The number of aliphatic hydroxyl groups excluding tert-OH is 1. The lowest BCUT2D eigenvalue weighted by molar-refractivity contribution is 0.0916. The number of halogens is 2. The van der Waals surface area contributed by atoms with Crippen molar-refractivity contribution >= 4 is 5.78 Å². The van der Waals surface area contributed by atoms with Gasteiger partial charge in [-0.3, -0.25) is 4.79 Å². The summed E-state index contributed by atoms with van der Waals surface area (Å²) in [4.78, 5) is 11.5. The Bertz CT molecular complexity index is 415. The molecule has 0 spiro atoms. The normalized spacial score (nSPS) is 18.6. The van der Waals surface area contributed by atoms with E-state index < -0.39 is 11.6 Å². The molecule has 1 aromatic carbocycles. The van der Waals surface area contributed by atoms with E-state index in [0.717, 1.165) is 12.1 Å². The Balaban J connectivity index is 2.27. The predicted octanol–water partition coefficient (Wildman–Crippen LogP) is 2.02. The first-order valence-electron chi connectivity index (χ1n) is 4.79. The molecule has 0 bridgehead atoms. The van der Waals surface area contributed by atoms with Crippen molar-refractivity contribution in [2.75, 3.05) is 6.61 Å². The summed E-state index contributed by atoms with van der Waals surface area (Å²) in [5.74, 6) is -2.42. The Kier molecular flexibility index (Phi) is 2.52. The molecule has 0 radical (unpaired) electrons. The highest BCUT2D eigenvalue weighted by molar-refractivity contribution is 6.10. The van der Waals surface area contributed by atoms with E-state index in [-0.39, 0.29) is 23.9 Å². The molecule has 0 heterocycles.